The highest BCUT2D eigenvalue weighted by Gasteiger charge is 2.63. The molecule has 13 fully saturated rings. The van der Waals surface area contributed by atoms with Gasteiger partial charge in [0.25, 0.3) is 0 Å². The van der Waals surface area contributed by atoms with Crippen LogP contribution < -0.4 is 5.73 Å². The van der Waals surface area contributed by atoms with Crippen molar-refractivity contribution in [3.05, 3.63) is 24.3 Å². The van der Waals surface area contributed by atoms with Crippen molar-refractivity contribution < 1.29 is 91.9 Å². The summed E-state index contributed by atoms with van der Waals surface area (Å²) in [7, 11) is 0. The molecule has 7 N–H and O–H groups in total. The number of hydrogen-bond donors (Lipinski definition) is 6. The Morgan fingerprint density at radius 1 is 0.603 bits per heavy atom. The van der Waals surface area contributed by atoms with Crippen molar-refractivity contribution in [3.63, 3.8) is 0 Å². The molecule has 0 aromatic carbocycles. The third-order valence-electron chi connectivity index (χ3n) is 20.6. The van der Waals surface area contributed by atoms with Gasteiger partial charge in [-0.25, -0.2) is 0 Å². The molecular weight excluding hydrogens is 1010 g/mol. The maximum absolute atomic E-state index is 14.4. The Morgan fingerprint density at radius 2 is 1.31 bits per heavy atom. The van der Waals surface area contributed by atoms with Crippen LogP contribution in [0.5, 0.6) is 0 Å². The van der Waals surface area contributed by atoms with E-state index in [9.17, 15) is 30.3 Å². The van der Waals surface area contributed by atoms with Gasteiger partial charge in [0.1, 0.15) is 18.3 Å². The molecule has 13 saturated heterocycles. The minimum absolute atomic E-state index is 0.0295. The van der Waals surface area contributed by atoms with Gasteiger partial charge in [0.15, 0.2) is 11.6 Å². The highest BCUT2D eigenvalue weighted by atomic mass is 16.7. The standard InChI is InChI=1S/C58H87NO19/c1-26-13-31-5-7-39-27(2)14-33(66-39)9-11-58-24-38(64)55(78-58)52-29(4)53(77-58)56-40(73-52)8-6-32(69-56)18-51(65)72-49-22-48-47(71-46(49)19-41(67-31)28(26)3)21-45-44(70-48)17-34(68-45)16-43-36(62)10-12-57(75-43)23-35(59)54-50(76-57)20-42(74-54)37(63)15-30(61)25-60/h26,29-50,52-56,60-64H,2-3,5-25,59H2,1,4H3/t26-,29-,30-,31+,32-,33+,34+,35+,36+,37+,38-,39+,40+,41-,42+,43+,44?,45-,46+,47+,48?,49-,50+,52-,53-,54+,55?,56+,57-,58-/m1/s1. The molecule has 13 heterocycles. The number of aliphatic hydroxyl groups excluding tert-OH is 5. The van der Waals surface area contributed by atoms with Gasteiger partial charge in [-0.3, -0.25) is 4.79 Å². The summed E-state index contributed by atoms with van der Waals surface area (Å²) in [6, 6.07) is -0.444. The zero-order chi connectivity index (χ0) is 53.9. The number of fused-ring (bicyclic) bond motifs is 12. The average molecular weight is 1100 g/mol. The Bertz CT molecular complexity index is 2190. The van der Waals surface area contributed by atoms with E-state index in [0.29, 0.717) is 89.9 Å². The predicted octanol–water partition coefficient (Wildman–Crippen LogP) is 2.99. The first-order valence-corrected chi connectivity index (χ1v) is 30.1. The number of carbonyl (C=O) groups excluding carboxylic acids is 1. The van der Waals surface area contributed by atoms with Crippen molar-refractivity contribution in [2.75, 3.05) is 6.61 Å². The van der Waals surface area contributed by atoms with Gasteiger partial charge in [-0.05, 0) is 68.4 Å². The molecular formula is C58H87NO19. The van der Waals surface area contributed by atoms with Crippen LogP contribution in [0.3, 0.4) is 0 Å². The number of carbonyl (C=O) groups is 1. The summed E-state index contributed by atoms with van der Waals surface area (Å²) in [5.74, 6) is -2.36. The smallest absolute Gasteiger partial charge is 0.308 e. The largest absolute Gasteiger partial charge is 0.459 e. The summed E-state index contributed by atoms with van der Waals surface area (Å²) in [5, 5.41) is 52.9. The summed E-state index contributed by atoms with van der Waals surface area (Å²) in [4.78, 5) is 14.4. The lowest BCUT2D eigenvalue weighted by Crippen LogP contribution is -2.62. The zero-order valence-corrected chi connectivity index (χ0v) is 45.5. The van der Waals surface area contributed by atoms with Crippen LogP contribution in [0, 0.1) is 11.8 Å². The van der Waals surface area contributed by atoms with Crippen LogP contribution >= 0.6 is 0 Å². The predicted molar refractivity (Wildman–Crippen MR) is 272 cm³/mol. The molecule has 20 heteroatoms. The fraction of sp³-hybridized carbons (Fsp3) is 0.914. The van der Waals surface area contributed by atoms with Gasteiger partial charge >= 0.3 is 5.97 Å². The van der Waals surface area contributed by atoms with Crippen LogP contribution in [0.4, 0.5) is 0 Å². The highest BCUT2D eigenvalue weighted by molar-refractivity contribution is 5.70. The van der Waals surface area contributed by atoms with Crippen LogP contribution in [-0.2, 0) is 66.4 Å². The maximum atomic E-state index is 14.4. The first kappa shape index (κ1) is 55.4. The normalized spacial score (nSPS) is 54.0. The van der Waals surface area contributed by atoms with E-state index in [1.54, 1.807) is 0 Å². The number of ether oxygens (including phenoxy) is 13. The summed E-state index contributed by atoms with van der Waals surface area (Å²) in [5.41, 5.74) is 8.80. The van der Waals surface area contributed by atoms with Crippen LogP contribution in [0.15, 0.2) is 24.3 Å². The molecule has 0 aromatic heterocycles. The van der Waals surface area contributed by atoms with Crippen molar-refractivity contribution in [2.24, 2.45) is 17.6 Å². The molecule has 0 aromatic rings. The third kappa shape index (κ3) is 10.8. The molecule has 438 valence electrons. The second kappa shape index (κ2) is 22.0. The van der Waals surface area contributed by atoms with Gasteiger partial charge in [0, 0.05) is 82.6 Å². The van der Waals surface area contributed by atoms with Gasteiger partial charge < -0.3 is 92.8 Å². The summed E-state index contributed by atoms with van der Waals surface area (Å²) in [6.45, 7) is 12.9. The molecule has 13 aliphatic heterocycles. The second-order valence-electron chi connectivity index (χ2n) is 26.2. The molecule has 10 bridgehead atoms. The van der Waals surface area contributed by atoms with Crippen LogP contribution in [0.1, 0.15) is 142 Å². The molecule has 0 aliphatic carbocycles. The van der Waals surface area contributed by atoms with E-state index in [1.807, 2.05) is 0 Å². The Hall–Kier alpha value is -1.77. The first-order chi connectivity index (χ1) is 37.5. The van der Waals surface area contributed by atoms with Gasteiger partial charge in [-0.15, -0.1) is 0 Å². The monoisotopic (exact) mass is 1100 g/mol. The number of hydrogen-bond acceptors (Lipinski definition) is 20. The Labute approximate surface area is 457 Å². The molecule has 2 spiro atoms. The van der Waals surface area contributed by atoms with E-state index in [1.165, 1.54) is 0 Å². The van der Waals surface area contributed by atoms with Gasteiger partial charge in [-0.2, -0.15) is 0 Å². The van der Waals surface area contributed by atoms with E-state index in [2.05, 4.69) is 27.0 Å². The minimum atomic E-state index is -1.06. The minimum Gasteiger partial charge on any atom is -0.459 e. The molecule has 13 rings (SSSR count). The number of esters is 1. The number of rotatable bonds is 6. The lowest BCUT2D eigenvalue weighted by Gasteiger charge is -2.50. The number of aliphatic hydroxyl groups is 5. The Balaban J connectivity index is 0.695. The zero-order valence-electron chi connectivity index (χ0n) is 45.5. The molecule has 0 radical (unpaired) electrons. The topological polar surface area (TPSA) is 264 Å². The van der Waals surface area contributed by atoms with Crippen LogP contribution in [-0.4, -0.2) is 208 Å². The second-order valence-corrected chi connectivity index (χ2v) is 26.2. The summed E-state index contributed by atoms with van der Waals surface area (Å²) >= 11 is 0. The van der Waals surface area contributed by atoms with E-state index >= 15 is 0 Å². The molecule has 30 atom stereocenters. The third-order valence-corrected chi connectivity index (χ3v) is 20.6. The molecule has 0 amide bonds. The molecule has 3 unspecified atom stereocenters. The molecule has 20 nitrogen and oxygen atoms in total. The van der Waals surface area contributed by atoms with Gasteiger partial charge in [0.2, 0.25) is 0 Å². The van der Waals surface area contributed by atoms with Crippen LogP contribution in [0.25, 0.3) is 0 Å². The van der Waals surface area contributed by atoms with Crippen molar-refractivity contribution >= 4 is 5.97 Å². The van der Waals surface area contributed by atoms with E-state index in [0.717, 1.165) is 36.8 Å². The highest BCUT2D eigenvalue weighted by Crippen LogP contribution is 2.52. The van der Waals surface area contributed by atoms with E-state index in [-0.39, 0.29) is 104 Å². The summed E-state index contributed by atoms with van der Waals surface area (Å²) < 4.78 is 87.9. The quantitative estimate of drug-likeness (QED) is 0.165. The van der Waals surface area contributed by atoms with Gasteiger partial charge in [0.05, 0.1) is 147 Å². The summed E-state index contributed by atoms with van der Waals surface area (Å²) in [6.07, 6.45) is -1.15. The fourth-order valence-electron chi connectivity index (χ4n) is 16.5. The number of nitrogens with two attached hydrogens (primary N) is 1. The Kier molecular flexibility index (Phi) is 15.6. The molecule has 78 heavy (non-hydrogen) atoms. The fourth-order valence-corrected chi connectivity index (χ4v) is 16.5. The van der Waals surface area contributed by atoms with E-state index < -0.39 is 104 Å². The lowest BCUT2D eigenvalue weighted by molar-refractivity contribution is -0.341. The van der Waals surface area contributed by atoms with E-state index in [4.69, 9.17) is 67.3 Å². The van der Waals surface area contributed by atoms with Crippen molar-refractivity contribution in [2.45, 2.75) is 312 Å². The lowest BCUT2D eigenvalue weighted by atomic mass is 9.80. The van der Waals surface area contributed by atoms with Crippen molar-refractivity contribution in [1.29, 1.82) is 0 Å². The molecule has 0 saturated carbocycles. The van der Waals surface area contributed by atoms with Gasteiger partial charge in [-0.1, -0.05) is 27.0 Å². The first-order valence-electron chi connectivity index (χ1n) is 30.1. The van der Waals surface area contributed by atoms with Crippen molar-refractivity contribution in [1.82, 2.24) is 0 Å². The SMILES string of the molecule is C=C1C[C@@H]2CC[C@]34C[C@@H](O)C(O3)[C@@H]3O[C@H]5CC[C@H](CC(=O)O[C@@H]6CC7OC8C[C@H](C[C@@H]9O[C@@]%10(CC[C@@H]9O)C[C@H](N)[C@@H]9O[C@H]([C@@H](O)C[C@@H](O)CO)C[C@@H]9O%10)O[C@@H]8C[C@@H]7O[C@H]6C[C@H]6O[C@@H](CC[C@@H]1O2)C[C@@H](C)C6=C)O[C@@H]5[C@H](O4)[C@@H]3C. The average Bonchev–Trinajstić information content (AvgIpc) is 4.37. The van der Waals surface area contributed by atoms with Crippen LogP contribution in [0.2, 0.25) is 0 Å². The Morgan fingerprint density at radius 3 is 2.13 bits per heavy atom. The maximum Gasteiger partial charge on any atom is 0.308 e. The van der Waals surface area contributed by atoms with Crippen molar-refractivity contribution in [3.8, 4) is 0 Å². The molecule has 13 aliphatic rings.